The number of carbonyl (C=O) groups is 1. The van der Waals surface area contributed by atoms with Crippen molar-refractivity contribution in [2.45, 2.75) is 38.5 Å². The van der Waals surface area contributed by atoms with Crippen molar-refractivity contribution < 1.29 is 9.53 Å². The molecule has 1 amide bonds. The molecule has 4 rings (SSSR count). The fraction of sp³-hybridized carbons (Fsp3) is 0.391. The number of methoxy groups -OCH3 is 1. The number of likely N-dealkylation sites (tertiary alicyclic amines) is 1. The van der Waals surface area contributed by atoms with Crippen molar-refractivity contribution in [1.82, 2.24) is 14.9 Å². The Kier molecular flexibility index (Phi) is 5.18. The van der Waals surface area contributed by atoms with E-state index < -0.39 is 0 Å². The molecular formula is C23H27N3O3. The number of nitrogens with one attached hydrogen (secondary N) is 2. The van der Waals surface area contributed by atoms with Crippen molar-refractivity contribution in [2.75, 3.05) is 20.2 Å². The molecule has 0 spiro atoms. The number of amides is 1. The van der Waals surface area contributed by atoms with Gasteiger partial charge in [0.2, 0.25) is 5.56 Å². The molecule has 1 fully saturated rings. The molecule has 0 saturated carbocycles. The highest BCUT2D eigenvalue weighted by molar-refractivity contribution is 5.94. The summed E-state index contributed by atoms with van der Waals surface area (Å²) in [5.41, 5.74) is 3.44. The van der Waals surface area contributed by atoms with E-state index in [2.05, 4.69) is 22.2 Å². The third-order valence-electron chi connectivity index (χ3n) is 5.88. The number of hydrogen-bond donors (Lipinski definition) is 2. The number of hydrogen-bond acceptors (Lipinski definition) is 3. The summed E-state index contributed by atoms with van der Waals surface area (Å²) in [6, 6.07) is 9.29. The average molecular weight is 393 g/mol. The summed E-state index contributed by atoms with van der Waals surface area (Å²) in [7, 11) is 1.68. The lowest BCUT2D eigenvalue weighted by Gasteiger charge is -2.32. The second-order valence-electron chi connectivity index (χ2n) is 8.07. The van der Waals surface area contributed by atoms with Gasteiger partial charge < -0.3 is 19.6 Å². The highest BCUT2D eigenvalue weighted by atomic mass is 16.5. The normalized spacial score (nSPS) is 15.2. The van der Waals surface area contributed by atoms with E-state index in [1.807, 2.05) is 36.9 Å². The van der Waals surface area contributed by atoms with E-state index >= 15 is 0 Å². The van der Waals surface area contributed by atoms with Crippen molar-refractivity contribution in [3.63, 3.8) is 0 Å². The third kappa shape index (κ3) is 3.79. The van der Waals surface area contributed by atoms with Gasteiger partial charge in [-0.15, -0.1) is 0 Å². The smallest absolute Gasteiger partial charge is 0.254 e. The van der Waals surface area contributed by atoms with Crippen molar-refractivity contribution in [3.05, 3.63) is 63.7 Å². The minimum atomic E-state index is -0.220. The van der Waals surface area contributed by atoms with E-state index in [4.69, 9.17) is 4.74 Å². The summed E-state index contributed by atoms with van der Waals surface area (Å²) in [4.78, 5) is 32.9. The number of nitrogens with zero attached hydrogens (tertiary/aromatic N) is 1. The monoisotopic (exact) mass is 393 g/mol. The lowest BCUT2D eigenvalue weighted by molar-refractivity contribution is 0.0713. The van der Waals surface area contributed by atoms with Gasteiger partial charge in [-0.2, -0.15) is 0 Å². The number of benzene rings is 1. The zero-order chi connectivity index (χ0) is 20.5. The van der Waals surface area contributed by atoms with Crippen molar-refractivity contribution >= 4 is 16.8 Å². The summed E-state index contributed by atoms with van der Waals surface area (Å²) in [6.45, 7) is 5.37. The number of rotatable bonds is 4. The van der Waals surface area contributed by atoms with Crippen LogP contribution in [0.25, 0.3) is 10.9 Å². The number of piperidine rings is 1. The number of H-pyrrole nitrogens is 2. The Morgan fingerprint density at radius 3 is 2.62 bits per heavy atom. The zero-order valence-corrected chi connectivity index (χ0v) is 17.1. The largest absolute Gasteiger partial charge is 0.497 e. The highest BCUT2D eigenvalue weighted by Gasteiger charge is 2.26. The molecule has 0 unspecified atom stereocenters. The van der Waals surface area contributed by atoms with Crippen LogP contribution in [-0.4, -0.2) is 41.0 Å². The van der Waals surface area contributed by atoms with Crippen LogP contribution in [0.4, 0.5) is 0 Å². The van der Waals surface area contributed by atoms with E-state index in [1.165, 1.54) is 17.0 Å². The summed E-state index contributed by atoms with van der Waals surface area (Å²) < 4.78 is 5.37. The first-order chi connectivity index (χ1) is 14.0. The molecule has 29 heavy (non-hydrogen) atoms. The van der Waals surface area contributed by atoms with Crippen molar-refractivity contribution in [1.29, 1.82) is 0 Å². The van der Waals surface area contributed by atoms with Crippen molar-refractivity contribution in [3.8, 4) is 5.75 Å². The molecule has 3 heterocycles. The second-order valence-corrected chi connectivity index (χ2v) is 8.07. The van der Waals surface area contributed by atoms with Gasteiger partial charge in [0.15, 0.2) is 0 Å². The summed E-state index contributed by atoms with van der Waals surface area (Å²) in [5, 5.41) is 1.19. The number of aromatic nitrogens is 2. The molecule has 152 valence electrons. The maximum Gasteiger partial charge on any atom is 0.254 e. The Labute approximate surface area is 169 Å². The third-order valence-corrected chi connectivity index (χ3v) is 5.88. The molecule has 0 aliphatic carbocycles. The lowest BCUT2D eigenvalue weighted by atomic mass is 9.89. The molecule has 2 aromatic heterocycles. The zero-order valence-electron chi connectivity index (χ0n) is 17.1. The van der Waals surface area contributed by atoms with Crippen LogP contribution in [0.3, 0.4) is 0 Å². The maximum absolute atomic E-state index is 13.0. The van der Waals surface area contributed by atoms with E-state index in [1.54, 1.807) is 7.11 Å². The van der Waals surface area contributed by atoms with Crippen molar-refractivity contribution in [2.24, 2.45) is 0 Å². The number of ether oxygens (including phenoxy) is 1. The molecule has 0 bridgehead atoms. The first-order valence-electron chi connectivity index (χ1n) is 10.1. The minimum absolute atomic E-state index is 0.0583. The van der Waals surface area contributed by atoms with Crippen LogP contribution in [0.2, 0.25) is 0 Å². The van der Waals surface area contributed by atoms with Crippen LogP contribution in [0.1, 0.15) is 60.1 Å². The standard InChI is InChI=1S/C23H27N3O3/c1-14(2)21-10-16(11-22(27)25-21)23(28)26-8-6-15(7-9-26)19-13-24-20-5-4-17(29-3)12-18(19)20/h4-5,10-15,24H,6-9H2,1-3H3,(H,25,27). The fourth-order valence-corrected chi connectivity index (χ4v) is 4.16. The van der Waals surface area contributed by atoms with E-state index in [-0.39, 0.29) is 17.4 Å². The Bertz CT molecular complexity index is 1090. The van der Waals surface area contributed by atoms with Crippen LogP contribution in [-0.2, 0) is 0 Å². The molecule has 6 nitrogen and oxygen atoms in total. The second kappa shape index (κ2) is 7.78. The van der Waals surface area contributed by atoms with Gasteiger partial charge in [0.1, 0.15) is 5.75 Å². The van der Waals surface area contributed by atoms with E-state index in [9.17, 15) is 9.59 Å². The molecule has 0 radical (unpaired) electrons. The summed E-state index contributed by atoms with van der Waals surface area (Å²) in [6.07, 6.45) is 3.88. The van der Waals surface area contributed by atoms with Gasteiger partial charge in [-0.25, -0.2) is 0 Å². The molecule has 1 aromatic carbocycles. The molecule has 2 N–H and O–H groups in total. The molecular weight excluding hydrogens is 366 g/mol. The molecule has 1 aliphatic heterocycles. The summed E-state index contributed by atoms with van der Waals surface area (Å²) in [5.74, 6) is 1.35. The molecule has 0 atom stereocenters. The number of carbonyl (C=O) groups excluding carboxylic acids is 1. The fourth-order valence-electron chi connectivity index (χ4n) is 4.16. The molecule has 6 heteroatoms. The molecule has 1 saturated heterocycles. The average Bonchev–Trinajstić information content (AvgIpc) is 3.16. The maximum atomic E-state index is 13.0. The first-order valence-corrected chi connectivity index (χ1v) is 10.1. The van der Waals surface area contributed by atoms with E-state index in [0.717, 1.165) is 29.8 Å². The Hall–Kier alpha value is -3.02. The highest BCUT2D eigenvalue weighted by Crippen LogP contribution is 2.35. The van der Waals surface area contributed by atoms with Crippen LogP contribution < -0.4 is 10.3 Å². The van der Waals surface area contributed by atoms with Gasteiger partial charge in [0.25, 0.3) is 5.91 Å². The Morgan fingerprint density at radius 1 is 1.17 bits per heavy atom. The predicted molar refractivity (Wildman–Crippen MR) is 114 cm³/mol. The molecule has 3 aromatic rings. The van der Waals surface area contributed by atoms with E-state index in [0.29, 0.717) is 24.6 Å². The van der Waals surface area contributed by atoms with Gasteiger partial charge in [-0.05, 0) is 54.5 Å². The lowest BCUT2D eigenvalue weighted by Crippen LogP contribution is -2.38. The Balaban J connectivity index is 1.50. The molecule has 1 aliphatic rings. The van der Waals surface area contributed by atoms with Crippen LogP contribution in [0, 0.1) is 0 Å². The number of pyridine rings is 1. The number of fused-ring (bicyclic) bond motifs is 1. The number of aromatic amines is 2. The topological polar surface area (TPSA) is 78.2 Å². The van der Waals surface area contributed by atoms with Crippen LogP contribution in [0.5, 0.6) is 5.75 Å². The van der Waals surface area contributed by atoms with Gasteiger partial charge in [0, 0.05) is 47.5 Å². The van der Waals surface area contributed by atoms with Crippen LogP contribution in [0.15, 0.2) is 41.3 Å². The first kappa shape index (κ1) is 19.3. The quantitative estimate of drug-likeness (QED) is 0.703. The van der Waals surface area contributed by atoms with Crippen LogP contribution >= 0.6 is 0 Å². The predicted octanol–water partition coefficient (Wildman–Crippen LogP) is 4.01. The van der Waals surface area contributed by atoms with Gasteiger partial charge >= 0.3 is 0 Å². The summed E-state index contributed by atoms with van der Waals surface area (Å²) >= 11 is 0. The minimum Gasteiger partial charge on any atom is -0.497 e. The Morgan fingerprint density at radius 2 is 1.93 bits per heavy atom. The SMILES string of the molecule is COc1ccc2[nH]cc(C3CCN(C(=O)c4cc(C(C)C)[nH]c(=O)c4)CC3)c2c1. The van der Waals surface area contributed by atoms with Gasteiger partial charge in [-0.1, -0.05) is 13.8 Å². The van der Waals surface area contributed by atoms with Gasteiger partial charge in [0.05, 0.1) is 7.11 Å². The van der Waals surface area contributed by atoms with Gasteiger partial charge in [-0.3, -0.25) is 9.59 Å².